The summed E-state index contributed by atoms with van der Waals surface area (Å²) in [7, 11) is 3.10. The van der Waals surface area contributed by atoms with E-state index >= 15 is 0 Å². The fourth-order valence-electron chi connectivity index (χ4n) is 4.32. The molecule has 0 saturated carbocycles. The summed E-state index contributed by atoms with van der Waals surface area (Å²) in [5.74, 6) is 1.84. The summed E-state index contributed by atoms with van der Waals surface area (Å²) in [4.78, 5) is 15.7. The van der Waals surface area contributed by atoms with Crippen LogP contribution in [0.15, 0.2) is 48.9 Å². The first kappa shape index (κ1) is 21.0. The Morgan fingerprint density at radius 2 is 1.97 bits per heavy atom. The van der Waals surface area contributed by atoms with E-state index in [0.29, 0.717) is 28.2 Å². The van der Waals surface area contributed by atoms with E-state index in [-0.39, 0.29) is 18.5 Å². The molecule has 0 radical (unpaired) electrons. The second-order valence-electron chi connectivity index (χ2n) is 7.93. The van der Waals surface area contributed by atoms with Gasteiger partial charge in [0.05, 0.1) is 55.3 Å². The van der Waals surface area contributed by atoms with Crippen molar-refractivity contribution in [1.82, 2.24) is 19.5 Å². The predicted molar refractivity (Wildman–Crippen MR) is 124 cm³/mol. The minimum Gasteiger partial charge on any atom is -0.494 e. The van der Waals surface area contributed by atoms with Crippen LogP contribution < -0.4 is 14.4 Å². The molecule has 1 aliphatic heterocycles. The lowest BCUT2D eigenvalue weighted by molar-refractivity contribution is 0.266. The van der Waals surface area contributed by atoms with E-state index in [1.165, 1.54) is 7.11 Å². The predicted octanol–water partition coefficient (Wildman–Crippen LogP) is 3.17. The van der Waals surface area contributed by atoms with E-state index in [9.17, 15) is 10.2 Å². The maximum Gasteiger partial charge on any atom is 0.256 e. The number of methoxy groups -OCH3 is 2. The molecule has 0 bridgehead atoms. The van der Waals surface area contributed by atoms with Crippen LogP contribution in [0.5, 0.6) is 17.5 Å². The van der Waals surface area contributed by atoms with Crippen molar-refractivity contribution < 1.29 is 19.7 Å². The summed E-state index contributed by atoms with van der Waals surface area (Å²) in [6.45, 7) is 1.00. The first-order chi connectivity index (χ1) is 16.1. The highest BCUT2D eigenvalue weighted by Crippen LogP contribution is 2.34. The van der Waals surface area contributed by atoms with Crippen molar-refractivity contribution in [3.63, 3.8) is 0 Å². The van der Waals surface area contributed by atoms with Gasteiger partial charge in [-0.05, 0) is 43.2 Å². The van der Waals surface area contributed by atoms with Crippen LogP contribution in [0, 0.1) is 0 Å². The summed E-state index contributed by atoms with van der Waals surface area (Å²) in [6, 6.07) is 9.42. The molecule has 9 heteroatoms. The van der Waals surface area contributed by atoms with Crippen LogP contribution in [-0.4, -0.2) is 63.1 Å². The van der Waals surface area contributed by atoms with Gasteiger partial charge in [-0.15, -0.1) is 0 Å². The summed E-state index contributed by atoms with van der Waals surface area (Å²) in [5.41, 5.74) is 2.84. The van der Waals surface area contributed by atoms with Gasteiger partial charge in [-0.3, -0.25) is 4.57 Å². The zero-order valence-corrected chi connectivity index (χ0v) is 18.5. The van der Waals surface area contributed by atoms with Crippen LogP contribution in [0.2, 0.25) is 0 Å². The highest BCUT2D eigenvalue weighted by molar-refractivity contribution is 5.87. The molecular formula is C24H25N5O4. The summed E-state index contributed by atoms with van der Waals surface area (Å²) < 4.78 is 12.2. The van der Waals surface area contributed by atoms with Gasteiger partial charge < -0.3 is 24.6 Å². The van der Waals surface area contributed by atoms with Gasteiger partial charge in [-0.1, -0.05) is 0 Å². The largest absolute Gasteiger partial charge is 0.494 e. The smallest absolute Gasteiger partial charge is 0.256 e. The summed E-state index contributed by atoms with van der Waals surface area (Å²) in [5, 5.41) is 21.0. The quantitative estimate of drug-likeness (QED) is 0.464. The topological polar surface area (TPSA) is 106 Å². The van der Waals surface area contributed by atoms with Gasteiger partial charge >= 0.3 is 0 Å². The van der Waals surface area contributed by atoms with Crippen molar-refractivity contribution in [2.75, 3.05) is 32.3 Å². The van der Waals surface area contributed by atoms with Gasteiger partial charge in [0.25, 0.3) is 5.88 Å². The average Bonchev–Trinajstić information content (AvgIpc) is 3.48. The number of hydrogen-bond acceptors (Lipinski definition) is 8. The van der Waals surface area contributed by atoms with Crippen LogP contribution in [-0.2, 0) is 0 Å². The second kappa shape index (κ2) is 8.59. The van der Waals surface area contributed by atoms with Gasteiger partial charge in [0.15, 0.2) is 5.75 Å². The van der Waals surface area contributed by atoms with Gasteiger partial charge in [0, 0.05) is 24.5 Å². The van der Waals surface area contributed by atoms with Crippen molar-refractivity contribution in [2.45, 2.75) is 18.9 Å². The molecule has 1 atom stereocenters. The Labute approximate surface area is 190 Å². The Bertz CT molecular complexity index is 1290. The number of hydrogen-bond donors (Lipinski definition) is 2. The normalized spacial score (nSPS) is 15.8. The summed E-state index contributed by atoms with van der Waals surface area (Å²) >= 11 is 0. The average molecular weight is 447 g/mol. The molecule has 2 N–H and O–H groups in total. The van der Waals surface area contributed by atoms with E-state index in [1.54, 1.807) is 30.3 Å². The Balaban J connectivity index is 1.47. The molecule has 0 aliphatic carbocycles. The van der Waals surface area contributed by atoms with Gasteiger partial charge in [-0.25, -0.2) is 15.0 Å². The fraction of sp³-hybridized carbons (Fsp3) is 0.292. The van der Waals surface area contributed by atoms with E-state index in [1.807, 2.05) is 30.3 Å². The van der Waals surface area contributed by atoms with Crippen molar-refractivity contribution in [3.05, 3.63) is 48.9 Å². The number of aliphatic hydroxyl groups excluding tert-OH is 1. The van der Waals surface area contributed by atoms with Gasteiger partial charge in [0.2, 0.25) is 5.88 Å². The maximum atomic E-state index is 10.8. The summed E-state index contributed by atoms with van der Waals surface area (Å²) in [6.07, 6.45) is 7.19. The maximum absolute atomic E-state index is 10.8. The molecule has 4 aromatic heterocycles. The number of ether oxygens (including phenoxy) is 2. The lowest BCUT2D eigenvalue weighted by atomic mass is 10.1. The Hall–Kier alpha value is -3.85. The van der Waals surface area contributed by atoms with Crippen molar-refractivity contribution in [3.8, 4) is 34.5 Å². The molecule has 170 valence electrons. The standard InChI is InChI=1S/C24H25N5O4/c1-32-21-10-15(11-26-23(21)33-2)19-7-6-18-20(27-19)13-29(24(18)31)16-5-8-22(25-12-16)28-9-3-4-17(28)14-30/h5-8,10-13,17,30-31H,3-4,9,14H2,1-2H3/t17-/m1/s1. The number of aliphatic hydroxyl groups is 1. The second-order valence-corrected chi connectivity index (χ2v) is 7.93. The molecular weight excluding hydrogens is 422 g/mol. The third kappa shape index (κ3) is 3.70. The Morgan fingerprint density at radius 1 is 1.09 bits per heavy atom. The number of fused-ring (bicyclic) bond motifs is 1. The number of rotatable bonds is 6. The van der Waals surface area contributed by atoms with Crippen LogP contribution in [0.3, 0.4) is 0 Å². The molecule has 1 aliphatic rings. The van der Waals surface area contributed by atoms with E-state index in [0.717, 1.165) is 36.5 Å². The first-order valence-corrected chi connectivity index (χ1v) is 10.8. The first-order valence-electron chi connectivity index (χ1n) is 10.8. The van der Waals surface area contributed by atoms with Crippen molar-refractivity contribution in [1.29, 1.82) is 0 Å². The minimum atomic E-state index is 0.0958. The molecule has 0 aromatic carbocycles. The lowest BCUT2D eigenvalue weighted by Gasteiger charge is -2.24. The van der Waals surface area contributed by atoms with Gasteiger partial charge in [-0.2, -0.15) is 0 Å². The zero-order chi connectivity index (χ0) is 22.9. The molecule has 1 fully saturated rings. The zero-order valence-electron chi connectivity index (χ0n) is 18.5. The number of aromatic nitrogens is 4. The molecule has 9 nitrogen and oxygen atoms in total. The number of aromatic hydroxyl groups is 1. The molecule has 1 saturated heterocycles. The third-order valence-electron chi connectivity index (χ3n) is 6.07. The van der Waals surface area contributed by atoms with Crippen LogP contribution in [0.25, 0.3) is 27.8 Å². The molecule has 5 heterocycles. The monoisotopic (exact) mass is 447 g/mol. The molecule has 0 amide bonds. The molecule has 5 rings (SSSR count). The third-order valence-corrected chi connectivity index (χ3v) is 6.07. The van der Waals surface area contributed by atoms with E-state index < -0.39 is 0 Å². The highest BCUT2D eigenvalue weighted by atomic mass is 16.5. The fourth-order valence-corrected chi connectivity index (χ4v) is 4.32. The van der Waals surface area contributed by atoms with Crippen LogP contribution in [0.4, 0.5) is 5.82 Å². The van der Waals surface area contributed by atoms with Crippen molar-refractivity contribution >= 4 is 16.7 Å². The highest BCUT2D eigenvalue weighted by Gasteiger charge is 2.25. The SMILES string of the molecule is COc1cc(-c2ccc3c(O)n(-c4ccc(N5CCC[C@@H]5CO)nc4)cc3n2)cnc1OC. The number of pyridine rings is 3. The number of nitrogens with zero attached hydrogens (tertiary/aromatic N) is 5. The van der Waals surface area contributed by atoms with Crippen molar-refractivity contribution in [2.24, 2.45) is 0 Å². The van der Waals surface area contributed by atoms with E-state index in [4.69, 9.17) is 14.5 Å². The Kier molecular flexibility index (Phi) is 5.47. The van der Waals surface area contributed by atoms with Crippen LogP contribution in [0.1, 0.15) is 12.8 Å². The van der Waals surface area contributed by atoms with Gasteiger partial charge in [0.1, 0.15) is 5.82 Å². The molecule has 0 unspecified atom stereocenters. The Morgan fingerprint density at radius 3 is 2.70 bits per heavy atom. The van der Waals surface area contributed by atoms with E-state index in [2.05, 4.69) is 14.9 Å². The van der Waals surface area contributed by atoms with Crippen LogP contribution >= 0.6 is 0 Å². The molecule has 33 heavy (non-hydrogen) atoms. The number of anilines is 1. The molecule has 4 aromatic rings. The minimum absolute atomic E-state index is 0.0958. The molecule has 0 spiro atoms. The lowest BCUT2D eigenvalue weighted by Crippen LogP contribution is -2.32.